The summed E-state index contributed by atoms with van der Waals surface area (Å²) in [5.41, 5.74) is 1.18. The lowest BCUT2D eigenvalue weighted by Gasteiger charge is -2.43. The van der Waals surface area contributed by atoms with E-state index in [0.717, 1.165) is 48.8 Å². The minimum Gasteiger partial charge on any atom is -0.334 e. The van der Waals surface area contributed by atoms with Crippen molar-refractivity contribution >= 4 is 53.9 Å². The lowest BCUT2D eigenvalue weighted by molar-refractivity contribution is -0.151. The molecule has 1 saturated carbocycles. The van der Waals surface area contributed by atoms with E-state index in [1.165, 1.54) is 5.38 Å². The Kier molecular flexibility index (Phi) is 6.98. The van der Waals surface area contributed by atoms with Gasteiger partial charge >= 0.3 is 0 Å². The van der Waals surface area contributed by atoms with Gasteiger partial charge in [0.05, 0.1) is 6.26 Å². The third-order valence-electron chi connectivity index (χ3n) is 7.09. The first-order valence-electron chi connectivity index (χ1n) is 12.1. The topological polar surface area (TPSA) is 142 Å². The summed E-state index contributed by atoms with van der Waals surface area (Å²) in [6.45, 7) is 0.114. The quantitative estimate of drug-likeness (QED) is 0.513. The van der Waals surface area contributed by atoms with E-state index < -0.39 is 31.9 Å². The molecule has 1 aromatic carbocycles. The van der Waals surface area contributed by atoms with Gasteiger partial charge in [0.25, 0.3) is 10.0 Å². The maximum Gasteiger partial charge on any atom is 0.287 e. The smallest absolute Gasteiger partial charge is 0.287 e. The van der Waals surface area contributed by atoms with E-state index in [-0.39, 0.29) is 45.6 Å². The molecule has 0 bridgehead atoms. The van der Waals surface area contributed by atoms with Crippen molar-refractivity contribution < 1.29 is 26.4 Å². The number of carbonyl (C=O) groups is 2. The summed E-state index contributed by atoms with van der Waals surface area (Å²) >= 11 is 1.06. The monoisotopic (exact) mass is 564 g/mol. The van der Waals surface area contributed by atoms with Gasteiger partial charge in [-0.25, -0.2) is 13.1 Å². The van der Waals surface area contributed by atoms with Gasteiger partial charge in [-0.1, -0.05) is 49.6 Å². The van der Waals surface area contributed by atoms with Crippen LogP contribution in [0.3, 0.4) is 0 Å². The van der Waals surface area contributed by atoms with Crippen LogP contribution in [0.15, 0.2) is 45.0 Å². The number of rotatable bonds is 6. The molecule has 2 aromatic rings. The molecule has 1 aromatic heterocycles. The van der Waals surface area contributed by atoms with Gasteiger partial charge in [0, 0.05) is 30.6 Å². The predicted octanol–water partition coefficient (Wildman–Crippen LogP) is 2.49. The molecule has 0 spiro atoms. The molecule has 3 atom stereocenters. The molecule has 2 fully saturated rings. The van der Waals surface area contributed by atoms with Crippen LogP contribution in [0.5, 0.6) is 0 Å². The molecule has 1 amide bonds. The van der Waals surface area contributed by atoms with Crippen molar-refractivity contribution in [1.82, 2.24) is 9.62 Å². The van der Waals surface area contributed by atoms with Crippen LogP contribution in [-0.4, -0.2) is 51.6 Å². The molecular weight excluding hydrogens is 536 g/mol. The van der Waals surface area contributed by atoms with Gasteiger partial charge in [-0.05, 0) is 23.8 Å². The highest BCUT2D eigenvalue weighted by Gasteiger charge is 2.51. The van der Waals surface area contributed by atoms with E-state index in [2.05, 4.69) is 14.4 Å². The number of hydrogen-bond donors (Lipinski definition) is 2. The summed E-state index contributed by atoms with van der Waals surface area (Å²) in [6.07, 6.45) is 5.13. The molecular formula is C24H28N4O6S3. The Morgan fingerprint density at radius 1 is 1.14 bits per heavy atom. The van der Waals surface area contributed by atoms with Gasteiger partial charge in [-0.3, -0.25) is 9.59 Å². The van der Waals surface area contributed by atoms with Crippen LogP contribution in [0.4, 0.5) is 5.00 Å². The van der Waals surface area contributed by atoms with E-state index >= 15 is 0 Å². The molecule has 2 aliphatic heterocycles. The van der Waals surface area contributed by atoms with Crippen LogP contribution >= 0.6 is 11.3 Å². The number of sulfonamides is 2. The van der Waals surface area contributed by atoms with Gasteiger partial charge in [0.1, 0.15) is 15.7 Å². The number of piperidine rings is 1. The summed E-state index contributed by atoms with van der Waals surface area (Å²) in [7, 11) is -7.82. The van der Waals surface area contributed by atoms with Crippen molar-refractivity contribution in [3.05, 3.63) is 46.8 Å². The fourth-order valence-electron chi connectivity index (χ4n) is 5.41. The second-order valence-electron chi connectivity index (χ2n) is 9.69. The first kappa shape index (κ1) is 26.0. The van der Waals surface area contributed by atoms with Gasteiger partial charge < -0.3 is 10.2 Å². The molecule has 2 N–H and O–H groups in total. The average molecular weight is 565 g/mol. The van der Waals surface area contributed by atoms with Crippen molar-refractivity contribution in [3.8, 4) is 0 Å². The number of nitrogens with zero attached hydrogens (tertiary/aromatic N) is 2. The number of anilines is 1. The first-order chi connectivity index (χ1) is 17.5. The fourth-order valence-corrected chi connectivity index (χ4v) is 8.47. The van der Waals surface area contributed by atoms with Gasteiger partial charge in [-0.2, -0.15) is 8.42 Å². The third kappa shape index (κ3) is 5.22. The van der Waals surface area contributed by atoms with Gasteiger partial charge in [-0.15, -0.1) is 15.7 Å². The molecule has 37 heavy (non-hydrogen) atoms. The highest BCUT2D eigenvalue weighted by atomic mass is 32.2. The number of carbonyl (C=O) groups excluding carboxylic acids is 2. The Morgan fingerprint density at radius 3 is 2.59 bits per heavy atom. The second kappa shape index (κ2) is 9.93. The normalized spacial score (nSPS) is 25.5. The number of thiophene rings is 1. The molecule has 1 aliphatic carbocycles. The maximum absolute atomic E-state index is 13.9. The number of likely N-dealkylation sites (tertiary alicyclic amines) is 1. The molecule has 0 radical (unpaired) electrons. The van der Waals surface area contributed by atoms with E-state index in [0.29, 0.717) is 13.0 Å². The van der Waals surface area contributed by atoms with Gasteiger partial charge in [0.2, 0.25) is 15.9 Å². The number of amidine groups is 1. The van der Waals surface area contributed by atoms with Crippen molar-refractivity contribution in [3.63, 3.8) is 0 Å². The molecule has 3 aliphatic rings. The summed E-state index contributed by atoms with van der Waals surface area (Å²) in [5.74, 6) is -2.65. The summed E-state index contributed by atoms with van der Waals surface area (Å²) in [5, 5.41) is 4.68. The van der Waals surface area contributed by atoms with Crippen molar-refractivity contribution in [1.29, 1.82) is 0 Å². The SMILES string of the molecule is CS(=O)(=O)NCc1csc2c1S(=O)(=O)N=C(C1C(=O)[C@@H]3CCCCC[C@@H]3N(Cc3ccccc3)C1=O)N2. The van der Waals surface area contributed by atoms with Crippen molar-refractivity contribution in [2.45, 2.75) is 56.1 Å². The number of Topliss-reactive ketones (excluding diaryl/α,β-unsaturated/α-hetero) is 1. The van der Waals surface area contributed by atoms with Crippen LogP contribution in [-0.2, 0) is 42.7 Å². The third-order valence-corrected chi connectivity index (χ3v) is 10.3. The Morgan fingerprint density at radius 2 is 1.86 bits per heavy atom. The zero-order chi connectivity index (χ0) is 26.4. The number of benzene rings is 1. The van der Waals surface area contributed by atoms with E-state index in [4.69, 9.17) is 0 Å². The van der Waals surface area contributed by atoms with Crippen LogP contribution in [0.25, 0.3) is 0 Å². The lowest BCUT2D eigenvalue weighted by Crippen LogP contribution is -2.59. The summed E-state index contributed by atoms with van der Waals surface area (Å²) in [4.78, 5) is 29.2. The van der Waals surface area contributed by atoms with Crippen LogP contribution in [0.2, 0.25) is 0 Å². The van der Waals surface area contributed by atoms with Crippen LogP contribution in [0.1, 0.15) is 43.2 Å². The van der Waals surface area contributed by atoms with Crippen molar-refractivity contribution in [2.24, 2.45) is 16.2 Å². The Bertz CT molecular complexity index is 1470. The van der Waals surface area contributed by atoms with E-state index in [1.807, 2.05) is 30.3 Å². The number of hydrogen-bond acceptors (Lipinski definition) is 8. The molecule has 1 saturated heterocycles. The molecule has 1 unspecified atom stereocenters. The Labute approximate surface area is 220 Å². The Balaban J connectivity index is 1.50. The van der Waals surface area contributed by atoms with Crippen molar-refractivity contribution in [2.75, 3.05) is 11.6 Å². The molecule has 13 heteroatoms. The molecule has 5 rings (SSSR count). The van der Waals surface area contributed by atoms with Gasteiger partial charge in [0.15, 0.2) is 11.7 Å². The zero-order valence-corrected chi connectivity index (χ0v) is 22.7. The number of amides is 1. The van der Waals surface area contributed by atoms with E-state index in [9.17, 15) is 26.4 Å². The highest BCUT2D eigenvalue weighted by Crippen LogP contribution is 2.41. The minimum atomic E-state index is -4.28. The van der Waals surface area contributed by atoms with Crippen LogP contribution in [0, 0.1) is 11.8 Å². The summed E-state index contributed by atoms with van der Waals surface area (Å²) < 4.78 is 55.6. The lowest BCUT2D eigenvalue weighted by atomic mass is 9.77. The number of nitrogens with one attached hydrogen (secondary N) is 2. The predicted molar refractivity (Wildman–Crippen MR) is 140 cm³/mol. The zero-order valence-electron chi connectivity index (χ0n) is 20.2. The second-order valence-corrected chi connectivity index (χ2v) is 13.9. The first-order valence-corrected chi connectivity index (χ1v) is 16.3. The Hall–Kier alpha value is -2.61. The number of fused-ring (bicyclic) bond motifs is 2. The maximum atomic E-state index is 13.9. The van der Waals surface area contributed by atoms with Crippen LogP contribution < -0.4 is 10.0 Å². The minimum absolute atomic E-state index is 0.137. The summed E-state index contributed by atoms with van der Waals surface area (Å²) in [6, 6.07) is 9.30. The fraction of sp³-hybridized carbons (Fsp3) is 0.458. The average Bonchev–Trinajstić information content (AvgIpc) is 3.09. The van der Waals surface area contributed by atoms with E-state index in [1.54, 1.807) is 4.90 Å². The standard InChI is InChI=1S/C24H28N4O6S3/c1-36(31,32)25-12-16-14-35-23-21(16)37(33,34)27-22(26-23)19-20(29)17-10-6-3-7-11-18(17)28(24(19)30)13-15-8-4-2-5-9-15/h2,4-5,8-9,14,17-19,25H,3,6-7,10-13H2,1H3,(H,26,27)/t17-,18+,19?/m1/s1. The molecule has 10 nitrogen and oxygen atoms in total. The number of ketones is 1. The molecule has 198 valence electrons. The largest absolute Gasteiger partial charge is 0.334 e. The molecule has 3 heterocycles. The highest BCUT2D eigenvalue weighted by molar-refractivity contribution is 7.91.